The highest BCUT2D eigenvalue weighted by atomic mass is 35.5. The molecule has 1 saturated heterocycles. The van der Waals surface area contributed by atoms with E-state index >= 15 is 0 Å². The molecule has 1 aliphatic rings. The lowest BCUT2D eigenvalue weighted by atomic mass is 10.1. The van der Waals surface area contributed by atoms with Crippen LogP contribution < -0.4 is 5.32 Å². The minimum atomic E-state index is 0. The molecule has 0 aromatic carbocycles. The third kappa shape index (κ3) is 6.83. The Balaban J connectivity index is 0.00000169. The van der Waals surface area contributed by atoms with Crippen LogP contribution in [-0.2, 0) is 17.8 Å². The van der Waals surface area contributed by atoms with Crippen molar-refractivity contribution in [3.63, 3.8) is 0 Å². The SMILES string of the molecule is Cl.Cl.O=C(CCc1cscn1)N(Cc1ccccn1)C1CCCNCC1. The smallest absolute Gasteiger partial charge is 0.223 e. The first-order valence-corrected chi connectivity index (χ1v) is 9.54. The normalized spacial score (nSPS) is 16.7. The summed E-state index contributed by atoms with van der Waals surface area (Å²) in [6.07, 6.45) is 6.20. The number of amides is 1. The fourth-order valence-electron chi connectivity index (χ4n) is 3.14. The molecule has 1 atom stereocenters. The molecule has 1 aliphatic heterocycles. The van der Waals surface area contributed by atoms with E-state index in [1.54, 1.807) is 17.5 Å². The van der Waals surface area contributed by atoms with Gasteiger partial charge in [0.15, 0.2) is 0 Å². The van der Waals surface area contributed by atoms with E-state index in [0.717, 1.165) is 43.7 Å². The Labute approximate surface area is 171 Å². The van der Waals surface area contributed by atoms with Crippen molar-refractivity contribution in [3.05, 3.63) is 46.7 Å². The lowest BCUT2D eigenvalue weighted by Gasteiger charge is -2.31. The molecule has 1 unspecified atom stereocenters. The van der Waals surface area contributed by atoms with E-state index in [2.05, 4.69) is 15.3 Å². The van der Waals surface area contributed by atoms with E-state index in [9.17, 15) is 4.79 Å². The maximum Gasteiger partial charge on any atom is 0.223 e. The van der Waals surface area contributed by atoms with Crippen LogP contribution in [0.1, 0.15) is 37.1 Å². The van der Waals surface area contributed by atoms with E-state index in [1.807, 2.05) is 34.0 Å². The second kappa shape index (κ2) is 12.2. The van der Waals surface area contributed by atoms with Gasteiger partial charge in [-0.3, -0.25) is 9.78 Å². The van der Waals surface area contributed by atoms with Gasteiger partial charge >= 0.3 is 0 Å². The molecule has 8 heteroatoms. The third-order valence-corrected chi connectivity index (χ3v) is 5.08. The van der Waals surface area contributed by atoms with E-state index in [4.69, 9.17) is 0 Å². The molecule has 2 aromatic heterocycles. The van der Waals surface area contributed by atoms with Crippen molar-refractivity contribution in [2.45, 2.75) is 44.7 Å². The zero-order valence-corrected chi connectivity index (χ0v) is 17.1. The topological polar surface area (TPSA) is 58.1 Å². The minimum absolute atomic E-state index is 0. The van der Waals surface area contributed by atoms with Crippen molar-refractivity contribution in [1.29, 1.82) is 0 Å². The first-order chi connectivity index (χ1) is 11.8. The number of rotatable bonds is 6. The summed E-state index contributed by atoms with van der Waals surface area (Å²) in [5, 5.41) is 5.45. The summed E-state index contributed by atoms with van der Waals surface area (Å²) >= 11 is 1.58. The average Bonchev–Trinajstić information content (AvgIpc) is 3.00. The number of carbonyl (C=O) groups is 1. The highest BCUT2D eigenvalue weighted by Gasteiger charge is 2.25. The average molecular weight is 417 g/mol. The van der Waals surface area contributed by atoms with Gasteiger partial charge in [0, 0.05) is 24.0 Å². The quantitative estimate of drug-likeness (QED) is 0.782. The Morgan fingerprint density at radius 2 is 2.08 bits per heavy atom. The van der Waals surface area contributed by atoms with Crippen molar-refractivity contribution in [1.82, 2.24) is 20.2 Å². The first kappa shape index (κ1) is 22.8. The van der Waals surface area contributed by atoms with Gasteiger partial charge in [-0.1, -0.05) is 6.07 Å². The van der Waals surface area contributed by atoms with Crippen LogP contribution in [0, 0.1) is 0 Å². The van der Waals surface area contributed by atoms with Crippen LogP contribution in [0.4, 0.5) is 0 Å². The van der Waals surface area contributed by atoms with E-state index in [1.165, 1.54) is 0 Å². The Morgan fingerprint density at radius 1 is 1.19 bits per heavy atom. The molecule has 26 heavy (non-hydrogen) atoms. The molecule has 3 rings (SSSR count). The van der Waals surface area contributed by atoms with Crippen LogP contribution >= 0.6 is 36.2 Å². The van der Waals surface area contributed by atoms with Gasteiger partial charge < -0.3 is 10.2 Å². The first-order valence-electron chi connectivity index (χ1n) is 8.60. The van der Waals surface area contributed by atoms with Gasteiger partial charge in [0.25, 0.3) is 0 Å². The molecule has 0 saturated carbocycles. The Bertz CT molecular complexity index is 619. The fraction of sp³-hybridized carbons (Fsp3) is 0.500. The van der Waals surface area contributed by atoms with Gasteiger partial charge in [0.1, 0.15) is 0 Å². The zero-order valence-electron chi connectivity index (χ0n) is 14.7. The highest BCUT2D eigenvalue weighted by molar-refractivity contribution is 7.07. The Morgan fingerprint density at radius 3 is 2.81 bits per heavy atom. The van der Waals surface area contributed by atoms with E-state index < -0.39 is 0 Å². The minimum Gasteiger partial charge on any atom is -0.334 e. The standard InChI is InChI=1S/C18H24N4OS.2ClH/c23-18(7-6-16-13-24-14-21-16)22(12-15-4-1-2-10-20-15)17-5-3-9-19-11-8-17;;/h1-2,4,10,13-14,17,19H,3,5-9,11-12H2;2*1H. The molecular weight excluding hydrogens is 391 g/mol. The number of nitrogens with one attached hydrogen (secondary N) is 1. The summed E-state index contributed by atoms with van der Waals surface area (Å²) in [5.74, 6) is 0.209. The number of hydrogen-bond acceptors (Lipinski definition) is 5. The molecule has 1 N–H and O–H groups in total. The highest BCUT2D eigenvalue weighted by Crippen LogP contribution is 2.18. The van der Waals surface area contributed by atoms with Crippen LogP contribution in [-0.4, -0.2) is 39.9 Å². The van der Waals surface area contributed by atoms with E-state index in [-0.39, 0.29) is 30.7 Å². The predicted molar refractivity (Wildman–Crippen MR) is 110 cm³/mol. The number of nitrogens with zero attached hydrogens (tertiary/aromatic N) is 3. The Kier molecular flexibility index (Phi) is 10.7. The van der Waals surface area contributed by atoms with Gasteiger partial charge in [-0.05, 0) is 50.9 Å². The molecule has 0 aliphatic carbocycles. The van der Waals surface area contributed by atoms with Crippen LogP contribution in [0.3, 0.4) is 0 Å². The molecule has 3 heterocycles. The van der Waals surface area contributed by atoms with Crippen molar-refractivity contribution >= 4 is 42.1 Å². The van der Waals surface area contributed by atoms with Crippen molar-refractivity contribution < 1.29 is 4.79 Å². The predicted octanol–water partition coefficient (Wildman–Crippen LogP) is 3.49. The second-order valence-electron chi connectivity index (χ2n) is 6.16. The number of aryl methyl sites for hydroxylation is 1. The van der Waals surface area contributed by atoms with Crippen LogP contribution in [0.25, 0.3) is 0 Å². The molecule has 1 fully saturated rings. The van der Waals surface area contributed by atoms with Crippen molar-refractivity contribution in [2.24, 2.45) is 0 Å². The second-order valence-corrected chi connectivity index (χ2v) is 6.88. The van der Waals surface area contributed by atoms with E-state index in [0.29, 0.717) is 25.4 Å². The van der Waals surface area contributed by atoms with Gasteiger partial charge in [-0.15, -0.1) is 36.2 Å². The van der Waals surface area contributed by atoms with Crippen molar-refractivity contribution in [2.75, 3.05) is 13.1 Å². The van der Waals surface area contributed by atoms with Gasteiger partial charge in [-0.2, -0.15) is 0 Å². The summed E-state index contributed by atoms with van der Waals surface area (Å²) in [6, 6.07) is 6.18. The van der Waals surface area contributed by atoms with Crippen LogP contribution in [0.2, 0.25) is 0 Å². The molecule has 0 bridgehead atoms. The molecule has 5 nitrogen and oxygen atoms in total. The Hall–Kier alpha value is -1.21. The number of hydrogen-bond donors (Lipinski definition) is 1. The summed E-state index contributed by atoms with van der Waals surface area (Å²) in [7, 11) is 0. The lowest BCUT2D eigenvalue weighted by Crippen LogP contribution is -2.40. The summed E-state index contributed by atoms with van der Waals surface area (Å²) in [4.78, 5) is 23.6. The fourth-order valence-corrected chi connectivity index (χ4v) is 3.73. The third-order valence-electron chi connectivity index (χ3n) is 4.44. The van der Waals surface area contributed by atoms with Crippen molar-refractivity contribution in [3.8, 4) is 0 Å². The van der Waals surface area contributed by atoms with Crippen LogP contribution in [0.5, 0.6) is 0 Å². The largest absolute Gasteiger partial charge is 0.334 e. The molecule has 1 amide bonds. The maximum atomic E-state index is 12.9. The molecule has 0 radical (unpaired) electrons. The zero-order chi connectivity index (χ0) is 16.6. The molecule has 0 spiro atoms. The molecule has 144 valence electrons. The number of pyridine rings is 1. The lowest BCUT2D eigenvalue weighted by molar-refractivity contribution is -0.134. The van der Waals surface area contributed by atoms with Gasteiger partial charge in [-0.25, -0.2) is 4.98 Å². The number of aromatic nitrogens is 2. The number of halogens is 2. The number of thiazole rings is 1. The summed E-state index contributed by atoms with van der Waals surface area (Å²) in [6.45, 7) is 2.62. The summed E-state index contributed by atoms with van der Waals surface area (Å²) < 4.78 is 0. The number of carbonyl (C=O) groups excluding carboxylic acids is 1. The molecule has 2 aromatic rings. The summed E-state index contributed by atoms with van der Waals surface area (Å²) in [5.41, 5.74) is 3.79. The van der Waals surface area contributed by atoms with Gasteiger partial charge in [0.05, 0.1) is 23.4 Å². The van der Waals surface area contributed by atoms with Gasteiger partial charge in [0.2, 0.25) is 5.91 Å². The monoisotopic (exact) mass is 416 g/mol. The maximum absolute atomic E-state index is 12.9. The van der Waals surface area contributed by atoms with Crippen LogP contribution in [0.15, 0.2) is 35.3 Å². The molecular formula is C18H26Cl2N4OS.